The van der Waals surface area contributed by atoms with E-state index in [0.29, 0.717) is 5.69 Å². The maximum Gasteiger partial charge on any atom is 0.264 e. The number of carbonyl (C=O) groups excluding carboxylic acids is 2. The first-order chi connectivity index (χ1) is 17.6. The lowest BCUT2D eigenvalue weighted by molar-refractivity contribution is -0.139. The molecule has 3 aromatic carbocycles. The van der Waals surface area contributed by atoms with Crippen LogP contribution in [0.15, 0.2) is 89.8 Å². The molecule has 0 aliphatic rings. The molecule has 3 rings (SSSR count). The van der Waals surface area contributed by atoms with Crippen molar-refractivity contribution in [2.45, 2.75) is 57.6 Å². The van der Waals surface area contributed by atoms with Gasteiger partial charge in [-0.3, -0.25) is 13.9 Å². The molecule has 0 aliphatic heterocycles. The third kappa shape index (κ3) is 7.20. The molecular weight excluding hydrogens is 486 g/mol. The van der Waals surface area contributed by atoms with Crippen molar-refractivity contribution in [3.63, 3.8) is 0 Å². The van der Waals surface area contributed by atoms with Gasteiger partial charge in [0.2, 0.25) is 11.8 Å². The van der Waals surface area contributed by atoms with Crippen molar-refractivity contribution in [2.24, 2.45) is 0 Å². The Morgan fingerprint density at radius 1 is 0.865 bits per heavy atom. The van der Waals surface area contributed by atoms with E-state index in [1.165, 1.54) is 17.0 Å². The number of sulfonamides is 1. The van der Waals surface area contributed by atoms with Crippen molar-refractivity contribution >= 4 is 27.5 Å². The van der Waals surface area contributed by atoms with Crippen molar-refractivity contribution in [1.29, 1.82) is 0 Å². The lowest BCUT2D eigenvalue weighted by Gasteiger charge is -2.32. The Bertz CT molecular complexity index is 1280. The highest BCUT2D eigenvalue weighted by Gasteiger charge is 2.32. The van der Waals surface area contributed by atoms with Crippen LogP contribution in [0, 0.1) is 6.92 Å². The van der Waals surface area contributed by atoms with Gasteiger partial charge in [0.05, 0.1) is 10.6 Å². The molecule has 2 atom stereocenters. The largest absolute Gasteiger partial charge is 0.352 e. The third-order valence-corrected chi connectivity index (χ3v) is 8.08. The van der Waals surface area contributed by atoms with Gasteiger partial charge in [-0.15, -0.1) is 0 Å². The standard InChI is InChI=1S/C29H35N3O4S/c1-5-23(3)30-29(34)24(4)31(20-25-18-16-22(2)17-19-25)28(33)21-32(26-12-8-6-9-13-26)37(35,36)27-14-10-7-11-15-27/h6-19,23-24H,5,20-21H2,1-4H3,(H,30,34)/t23-,24-/m0/s1. The number of rotatable bonds is 11. The van der Waals surface area contributed by atoms with E-state index in [9.17, 15) is 18.0 Å². The third-order valence-electron chi connectivity index (χ3n) is 6.30. The second kappa shape index (κ2) is 12.5. The van der Waals surface area contributed by atoms with Crippen LogP contribution in [-0.2, 0) is 26.2 Å². The minimum atomic E-state index is -4.04. The predicted molar refractivity (Wildman–Crippen MR) is 147 cm³/mol. The van der Waals surface area contributed by atoms with Crippen LogP contribution < -0.4 is 9.62 Å². The predicted octanol–water partition coefficient (Wildman–Crippen LogP) is 4.52. The molecular formula is C29H35N3O4S. The first-order valence-corrected chi connectivity index (χ1v) is 13.9. The molecule has 0 fully saturated rings. The normalized spacial score (nSPS) is 12.9. The van der Waals surface area contributed by atoms with Gasteiger partial charge in [-0.05, 0) is 57.0 Å². The molecule has 8 heteroatoms. The van der Waals surface area contributed by atoms with Gasteiger partial charge in [0.25, 0.3) is 10.0 Å². The van der Waals surface area contributed by atoms with Gasteiger partial charge in [0.15, 0.2) is 0 Å². The quantitative estimate of drug-likeness (QED) is 0.402. The van der Waals surface area contributed by atoms with Gasteiger partial charge < -0.3 is 10.2 Å². The number of hydrogen-bond acceptors (Lipinski definition) is 4. The summed E-state index contributed by atoms with van der Waals surface area (Å²) in [5.41, 5.74) is 2.29. The van der Waals surface area contributed by atoms with Crippen LogP contribution >= 0.6 is 0 Å². The highest BCUT2D eigenvalue weighted by Crippen LogP contribution is 2.24. The van der Waals surface area contributed by atoms with Gasteiger partial charge in [0.1, 0.15) is 12.6 Å². The number of aryl methyl sites for hydroxylation is 1. The number of hydrogen-bond donors (Lipinski definition) is 1. The zero-order valence-corrected chi connectivity index (χ0v) is 22.6. The van der Waals surface area contributed by atoms with Gasteiger partial charge in [-0.25, -0.2) is 8.42 Å². The number of benzene rings is 3. The highest BCUT2D eigenvalue weighted by molar-refractivity contribution is 7.92. The molecule has 0 bridgehead atoms. The summed E-state index contributed by atoms with van der Waals surface area (Å²) in [5, 5.41) is 2.94. The Hall–Kier alpha value is -3.65. The summed E-state index contributed by atoms with van der Waals surface area (Å²) < 4.78 is 28.4. The number of nitrogens with zero attached hydrogens (tertiary/aromatic N) is 2. The van der Waals surface area contributed by atoms with E-state index in [4.69, 9.17) is 0 Å². The molecule has 3 aromatic rings. The molecule has 1 N–H and O–H groups in total. The van der Waals surface area contributed by atoms with Crippen molar-refractivity contribution in [2.75, 3.05) is 10.8 Å². The average Bonchev–Trinajstić information content (AvgIpc) is 2.91. The molecule has 0 saturated carbocycles. The first kappa shape index (κ1) is 27.9. The molecule has 37 heavy (non-hydrogen) atoms. The second-order valence-corrected chi connectivity index (χ2v) is 11.0. The SMILES string of the molecule is CC[C@H](C)NC(=O)[C@H](C)N(Cc1ccc(C)cc1)C(=O)CN(c1ccccc1)S(=O)(=O)c1ccccc1. The van der Waals surface area contributed by atoms with Crippen molar-refractivity contribution in [1.82, 2.24) is 10.2 Å². The zero-order valence-electron chi connectivity index (χ0n) is 21.8. The van der Waals surface area contributed by atoms with Crippen LogP contribution in [0.1, 0.15) is 38.3 Å². The summed E-state index contributed by atoms with van der Waals surface area (Å²) in [4.78, 5) is 28.4. The summed E-state index contributed by atoms with van der Waals surface area (Å²) in [6.45, 7) is 7.23. The van der Waals surface area contributed by atoms with Crippen LogP contribution in [0.4, 0.5) is 5.69 Å². The topological polar surface area (TPSA) is 86.8 Å². The lowest BCUT2D eigenvalue weighted by atomic mass is 10.1. The average molecular weight is 522 g/mol. The van der Waals surface area contributed by atoms with Crippen molar-refractivity contribution < 1.29 is 18.0 Å². The fraction of sp³-hybridized carbons (Fsp3) is 0.310. The molecule has 0 aromatic heterocycles. The summed E-state index contributed by atoms with van der Waals surface area (Å²) in [6, 6.07) is 23.4. The molecule has 0 saturated heterocycles. The van der Waals surface area contributed by atoms with E-state index >= 15 is 0 Å². The molecule has 196 valence electrons. The minimum Gasteiger partial charge on any atom is -0.352 e. The lowest BCUT2D eigenvalue weighted by Crippen LogP contribution is -2.52. The van der Waals surface area contributed by atoms with E-state index in [2.05, 4.69) is 5.32 Å². The van der Waals surface area contributed by atoms with Crippen molar-refractivity contribution in [3.05, 3.63) is 96.1 Å². The summed E-state index contributed by atoms with van der Waals surface area (Å²) in [6.07, 6.45) is 0.751. The Balaban J connectivity index is 1.98. The van der Waals surface area contributed by atoms with E-state index in [1.54, 1.807) is 55.5 Å². The molecule has 0 heterocycles. The molecule has 2 amide bonds. The number of carbonyl (C=O) groups is 2. The van der Waals surface area contributed by atoms with Crippen LogP contribution in [0.3, 0.4) is 0 Å². The number of anilines is 1. The molecule has 0 radical (unpaired) electrons. The van der Waals surface area contributed by atoms with E-state index in [-0.39, 0.29) is 23.4 Å². The van der Waals surface area contributed by atoms with Crippen LogP contribution in [0.25, 0.3) is 0 Å². The Labute approximate surface area is 220 Å². The fourth-order valence-electron chi connectivity index (χ4n) is 3.78. The van der Waals surface area contributed by atoms with E-state index in [0.717, 1.165) is 21.9 Å². The summed E-state index contributed by atoms with van der Waals surface area (Å²) >= 11 is 0. The Morgan fingerprint density at radius 3 is 2.00 bits per heavy atom. The van der Waals surface area contributed by atoms with Gasteiger partial charge in [0, 0.05) is 12.6 Å². The second-order valence-electron chi connectivity index (χ2n) is 9.16. The highest BCUT2D eigenvalue weighted by atomic mass is 32.2. The maximum atomic E-state index is 13.8. The van der Waals surface area contributed by atoms with Crippen LogP contribution in [0.5, 0.6) is 0 Å². The first-order valence-electron chi connectivity index (χ1n) is 12.4. The minimum absolute atomic E-state index is 0.0504. The zero-order chi connectivity index (χ0) is 27.0. The maximum absolute atomic E-state index is 13.8. The molecule has 0 spiro atoms. The number of amides is 2. The Kier molecular flexibility index (Phi) is 9.47. The van der Waals surface area contributed by atoms with E-state index in [1.807, 2.05) is 45.0 Å². The summed E-state index contributed by atoms with van der Waals surface area (Å²) in [5.74, 6) is -0.761. The monoisotopic (exact) mass is 521 g/mol. The van der Waals surface area contributed by atoms with Gasteiger partial charge in [-0.2, -0.15) is 0 Å². The smallest absolute Gasteiger partial charge is 0.264 e. The Morgan fingerprint density at radius 2 is 1.43 bits per heavy atom. The fourth-order valence-corrected chi connectivity index (χ4v) is 5.22. The summed E-state index contributed by atoms with van der Waals surface area (Å²) in [7, 11) is -4.04. The van der Waals surface area contributed by atoms with Crippen LogP contribution in [0.2, 0.25) is 0 Å². The van der Waals surface area contributed by atoms with Crippen molar-refractivity contribution in [3.8, 4) is 0 Å². The van der Waals surface area contributed by atoms with Crippen LogP contribution in [-0.4, -0.2) is 43.8 Å². The molecule has 7 nitrogen and oxygen atoms in total. The molecule has 0 aliphatic carbocycles. The van der Waals surface area contributed by atoms with Gasteiger partial charge in [-0.1, -0.05) is 73.2 Å². The van der Waals surface area contributed by atoms with Gasteiger partial charge >= 0.3 is 0 Å². The number of para-hydroxylation sites is 1. The number of nitrogens with one attached hydrogen (secondary N) is 1. The molecule has 0 unspecified atom stereocenters. The van der Waals surface area contributed by atoms with E-state index < -0.39 is 28.5 Å².